The first-order valence-electron chi connectivity index (χ1n) is 7.06. The number of aryl methyl sites for hydroxylation is 1. The van der Waals surface area contributed by atoms with Gasteiger partial charge in [-0.1, -0.05) is 39.1 Å². The van der Waals surface area contributed by atoms with Crippen LogP contribution in [0.3, 0.4) is 0 Å². The molecule has 0 amide bonds. The molecule has 0 aliphatic heterocycles. The lowest BCUT2D eigenvalue weighted by Crippen LogP contribution is -1.97. The van der Waals surface area contributed by atoms with Gasteiger partial charge >= 0.3 is 0 Å². The van der Waals surface area contributed by atoms with E-state index in [1.54, 1.807) is 6.07 Å². The van der Waals surface area contributed by atoms with Crippen LogP contribution < -0.4 is 5.32 Å². The Morgan fingerprint density at radius 2 is 1.74 bits per heavy atom. The SMILES string of the molecule is Cc1cc(Br)ccc1-c1ccc(CNc2cc(Cl)cc(Cl)c2)o1. The molecular weight excluding hydrogens is 397 g/mol. The van der Waals surface area contributed by atoms with Crippen molar-refractivity contribution in [2.45, 2.75) is 13.5 Å². The Balaban J connectivity index is 1.74. The molecule has 5 heteroatoms. The van der Waals surface area contributed by atoms with Gasteiger partial charge in [0.2, 0.25) is 0 Å². The molecule has 2 aromatic carbocycles. The summed E-state index contributed by atoms with van der Waals surface area (Å²) in [6.07, 6.45) is 0. The topological polar surface area (TPSA) is 25.2 Å². The minimum absolute atomic E-state index is 0.562. The third-order valence-corrected chi connectivity index (χ3v) is 4.37. The summed E-state index contributed by atoms with van der Waals surface area (Å²) in [5, 5.41) is 4.47. The van der Waals surface area contributed by atoms with Gasteiger partial charge in [0.25, 0.3) is 0 Å². The number of hydrogen-bond donors (Lipinski definition) is 1. The van der Waals surface area contributed by atoms with Crippen LogP contribution in [0.15, 0.2) is 57.4 Å². The molecule has 0 aliphatic rings. The molecule has 3 rings (SSSR count). The van der Waals surface area contributed by atoms with Crippen LogP contribution in [0.4, 0.5) is 5.69 Å². The summed E-state index contributed by atoms with van der Waals surface area (Å²) in [5.41, 5.74) is 3.11. The van der Waals surface area contributed by atoms with Crippen molar-refractivity contribution in [2.75, 3.05) is 5.32 Å². The van der Waals surface area contributed by atoms with Gasteiger partial charge in [-0.2, -0.15) is 0 Å². The van der Waals surface area contributed by atoms with Crippen molar-refractivity contribution >= 4 is 44.8 Å². The van der Waals surface area contributed by atoms with E-state index in [9.17, 15) is 0 Å². The highest BCUT2D eigenvalue weighted by Crippen LogP contribution is 2.28. The zero-order valence-corrected chi connectivity index (χ0v) is 15.5. The molecule has 23 heavy (non-hydrogen) atoms. The molecule has 0 bridgehead atoms. The molecule has 0 unspecified atom stereocenters. The maximum Gasteiger partial charge on any atom is 0.134 e. The van der Waals surface area contributed by atoms with E-state index in [1.807, 2.05) is 36.4 Å². The normalized spacial score (nSPS) is 10.8. The summed E-state index contributed by atoms with van der Waals surface area (Å²) in [6.45, 7) is 2.63. The zero-order valence-electron chi connectivity index (χ0n) is 12.4. The molecule has 1 N–H and O–H groups in total. The van der Waals surface area contributed by atoms with Crippen LogP contribution in [0.2, 0.25) is 10.0 Å². The van der Waals surface area contributed by atoms with Crippen LogP contribution in [0.25, 0.3) is 11.3 Å². The largest absolute Gasteiger partial charge is 0.459 e. The fraction of sp³-hybridized carbons (Fsp3) is 0.111. The average molecular weight is 411 g/mol. The first kappa shape index (κ1) is 16.4. The van der Waals surface area contributed by atoms with E-state index in [2.05, 4.69) is 34.2 Å². The second-order valence-corrected chi connectivity index (χ2v) is 7.03. The highest BCUT2D eigenvalue weighted by atomic mass is 79.9. The summed E-state index contributed by atoms with van der Waals surface area (Å²) >= 11 is 15.5. The van der Waals surface area contributed by atoms with Gasteiger partial charge in [-0.3, -0.25) is 0 Å². The van der Waals surface area contributed by atoms with Crippen LogP contribution in [-0.4, -0.2) is 0 Å². The maximum atomic E-state index is 5.99. The number of nitrogens with one attached hydrogen (secondary N) is 1. The minimum Gasteiger partial charge on any atom is -0.459 e. The molecule has 1 aromatic heterocycles. The summed E-state index contributed by atoms with van der Waals surface area (Å²) in [4.78, 5) is 0. The molecule has 1 heterocycles. The summed E-state index contributed by atoms with van der Waals surface area (Å²) in [7, 11) is 0. The Morgan fingerprint density at radius 1 is 1.00 bits per heavy atom. The molecule has 0 radical (unpaired) electrons. The Bertz CT molecular complexity index is 825. The van der Waals surface area contributed by atoms with Gasteiger partial charge in [0.1, 0.15) is 11.5 Å². The van der Waals surface area contributed by atoms with Crippen LogP contribution in [-0.2, 0) is 6.54 Å². The molecule has 0 aliphatic carbocycles. The van der Waals surface area contributed by atoms with Crippen molar-refractivity contribution in [2.24, 2.45) is 0 Å². The first-order valence-corrected chi connectivity index (χ1v) is 8.61. The number of furan rings is 1. The van der Waals surface area contributed by atoms with E-state index in [4.69, 9.17) is 27.6 Å². The molecule has 0 atom stereocenters. The van der Waals surface area contributed by atoms with Crippen molar-refractivity contribution in [3.8, 4) is 11.3 Å². The molecule has 0 saturated carbocycles. The first-order chi connectivity index (χ1) is 11.0. The van der Waals surface area contributed by atoms with Crippen LogP contribution in [0, 0.1) is 6.92 Å². The Morgan fingerprint density at radius 3 is 2.43 bits per heavy atom. The maximum absolute atomic E-state index is 5.99. The van der Waals surface area contributed by atoms with Crippen molar-refractivity contribution in [3.63, 3.8) is 0 Å². The monoisotopic (exact) mass is 409 g/mol. The number of benzene rings is 2. The summed E-state index contributed by atoms with van der Waals surface area (Å²) in [6, 6.07) is 15.4. The van der Waals surface area contributed by atoms with Crippen molar-refractivity contribution in [1.29, 1.82) is 0 Å². The molecule has 118 valence electrons. The van der Waals surface area contributed by atoms with E-state index in [-0.39, 0.29) is 0 Å². The van der Waals surface area contributed by atoms with Gasteiger partial charge in [-0.05, 0) is 61.0 Å². The Kier molecular flexibility index (Phi) is 5.00. The Labute approximate surface area is 153 Å². The highest BCUT2D eigenvalue weighted by molar-refractivity contribution is 9.10. The van der Waals surface area contributed by atoms with E-state index in [1.165, 1.54) is 0 Å². The highest BCUT2D eigenvalue weighted by Gasteiger charge is 2.08. The second-order valence-electron chi connectivity index (χ2n) is 5.24. The summed E-state index contributed by atoms with van der Waals surface area (Å²) < 4.78 is 6.99. The lowest BCUT2D eigenvalue weighted by molar-refractivity contribution is 0.531. The van der Waals surface area contributed by atoms with Crippen LogP contribution in [0.5, 0.6) is 0 Å². The van der Waals surface area contributed by atoms with E-state index in [0.29, 0.717) is 16.6 Å². The zero-order chi connectivity index (χ0) is 16.4. The van der Waals surface area contributed by atoms with Crippen LogP contribution in [0.1, 0.15) is 11.3 Å². The van der Waals surface area contributed by atoms with E-state index in [0.717, 1.165) is 32.8 Å². The number of anilines is 1. The Hall–Kier alpha value is -1.42. The molecule has 2 nitrogen and oxygen atoms in total. The predicted molar refractivity (Wildman–Crippen MR) is 100 cm³/mol. The lowest BCUT2D eigenvalue weighted by Gasteiger charge is -2.06. The third kappa shape index (κ3) is 4.11. The standard InChI is InChI=1S/C18H14BrCl2NO/c1-11-6-12(19)2-4-17(11)18-5-3-16(23-18)10-22-15-8-13(20)7-14(21)9-15/h2-9,22H,10H2,1H3. The van der Waals surface area contributed by atoms with Gasteiger partial charge in [0, 0.05) is 25.8 Å². The molecule has 0 spiro atoms. The molecular formula is C18H14BrCl2NO. The fourth-order valence-electron chi connectivity index (χ4n) is 2.37. The summed E-state index contributed by atoms with van der Waals surface area (Å²) in [5.74, 6) is 1.70. The molecule has 0 saturated heterocycles. The number of rotatable bonds is 4. The smallest absolute Gasteiger partial charge is 0.134 e. The van der Waals surface area contributed by atoms with Crippen molar-refractivity contribution in [1.82, 2.24) is 0 Å². The predicted octanol–water partition coefficient (Wildman–Crippen LogP) is 6.94. The molecule has 0 fully saturated rings. The van der Waals surface area contributed by atoms with Crippen LogP contribution >= 0.6 is 39.1 Å². The lowest BCUT2D eigenvalue weighted by atomic mass is 10.1. The van der Waals surface area contributed by atoms with Gasteiger partial charge in [0.15, 0.2) is 0 Å². The third-order valence-electron chi connectivity index (χ3n) is 3.44. The van der Waals surface area contributed by atoms with Gasteiger partial charge in [-0.25, -0.2) is 0 Å². The van der Waals surface area contributed by atoms with Crippen molar-refractivity contribution < 1.29 is 4.42 Å². The van der Waals surface area contributed by atoms with Gasteiger partial charge < -0.3 is 9.73 Å². The average Bonchev–Trinajstić information content (AvgIpc) is 2.93. The number of halogens is 3. The number of hydrogen-bond acceptors (Lipinski definition) is 2. The van der Waals surface area contributed by atoms with Crippen molar-refractivity contribution in [3.05, 3.63) is 74.4 Å². The van der Waals surface area contributed by atoms with E-state index < -0.39 is 0 Å². The second kappa shape index (κ2) is 7.00. The fourth-order valence-corrected chi connectivity index (χ4v) is 3.37. The minimum atomic E-state index is 0.562. The van der Waals surface area contributed by atoms with Gasteiger partial charge in [0.05, 0.1) is 6.54 Å². The molecule has 3 aromatic rings. The quantitative estimate of drug-likeness (QED) is 0.503. The van der Waals surface area contributed by atoms with Gasteiger partial charge in [-0.15, -0.1) is 0 Å². The van der Waals surface area contributed by atoms with E-state index >= 15 is 0 Å².